The van der Waals surface area contributed by atoms with Gasteiger partial charge >= 0.3 is 0 Å². The summed E-state index contributed by atoms with van der Waals surface area (Å²) in [6, 6.07) is -0.0657. The van der Waals surface area contributed by atoms with E-state index in [9.17, 15) is 0 Å². The number of aryl methyl sites for hydroxylation is 4. The Morgan fingerprint density at radius 1 is 1.13 bits per heavy atom. The highest BCUT2D eigenvalue weighted by Crippen LogP contribution is 2.39. The van der Waals surface area contributed by atoms with Gasteiger partial charge in [0.25, 0.3) is 0 Å². The summed E-state index contributed by atoms with van der Waals surface area (Å²) in [5.41, 5.74) is 1.43. The number of anilines is 1. The molecule has 1 N–H and O–H groups in total. The first-order valence-corrected chi connectivity index (χ1v) is 8.79. The molecule has 1 aliphatic carbocycles. The smallest absolute Gasteiger partial charge is 0.223 e. The lowest BCUT2D eigenvalue weighted by Gasteiger charge is -2.15. The standard InChI is InChI=1S/C16H19N5OS/c1-8(14-20-10(3)22-21-14)17-15-13-11-6-4-5-7-12(11)23-16(13)19-9(2)18-15/h8H,4-7H2,1-3H3,(H,17,18,19)/t8-/m0/s1. The van der Waals surface area contributed by atoms with Gasteiger partial charge in [-0.2, -0.15) is 4.98 Å². The maximum absolute atomic E-state index is 5.08. The SMILES string of the molecule is Cc1nc(N[C@@H](C)c2noc(C)n2)c2c3c(sc2n1)CCCC3. The van der Waals surface area contributed by atoms with Crippen molar-refractivity contribution in [1.82, 2.24) is 20.1 Å². The molecular weight excluding hydrogens is 310 g/mol. The number of thiophene rings is 1. The van der Waals surface area contributed by atoms with Gasteiger partial charge in [-0.25, -0.2) is 9.97 Å². The summed E-state index contributed by atoms with van der Waals surface area (Å²) < 4.78 is 5.08. The maximum atomic E-state index is 5.08. The molecule has 7 heteroatoms. The van der Waals surface area contributed by atoms with Gasteiger partial charge in [0.1, 0.15) is 16.5 Å². The van der Waals surface area contributed by atoms with E-state index in [1.54, 1.807) is 6.92 Å². The van der Waals surface area contributed by atoms with Gasteiger partial charge in [-0.3, -0.25) is 0 Å². The molecule has 0 aliphatic heterocycles. The van der Waals surface area contributed by atoms with E-state index < -0.39 is 0 Å². The fourth-order valence-electron chi connectivity index (χ4n) is 3.13. The Balaban J connectivity index is 1.77. The number of hydrogen-bond acceptors (Lipinski definition) is 7. The second kappa shape index (κ2) is 5.56. The molecule has 1 atom stereocenters. The minimum Gasteiger partial charge on any atom is -0.360 e. The van der Waals surface area contributed by atoms with Crippen LogP contribution in [0.2, 0.25) is 0 Å². The molecular formula is C16H19N5OS. The zero-order valence-corrected chi connectivity index (χ0v) is 14.3. The highest BCUT2D eigenvalue weighted by atomic mass is 32.1. The number of fused-ring (bicyclic) bond motifs is 3. The van der Waals surface area contributed by atoms with Gasteiger partial charge in [0, 0.05) is 11.8 Å². The van der Waals surface area contributed by atoms with E-state index in [1.807, 2.05) is 25.2 Å². The first-order valence-electron chi connectivity index (χ1n) is 7.97. The van der Waals surface area contributed by atoms with Crippen molar-refractivity contribution in [3.63, 3.8) is 0 Å². The zero-order valence-electron chi connectivity index (χ0n) is 13.5. The fraction of sp³-hybridized carbons (Fsp3) is 0.500. The van der Waals surface area contributed by atoms with Crippen molar-refractivity contribution >= 4 is 27.4 Å². The van der Waals surface area contributed by atoms with Crippen LogP contribution >= 0.6 is 11.3 Å². The third-order valence-electron chi connectivity index (χ3n) is 4.21. The summed E-state index contributed by atoms with van der Waals surface area (Å²) in [5, 5.41) is 8.64. The van der Waals surface area contributed by atoms with Gasteiger partial charge in [0.15, 0.2) is 5.82 Å². The molecule has 120 valence electrons. The molecule has 3 aromatic rings. The van der Waals surface area contributed by atoms with E-state index in [2.05, 4.69) is 25.4 Å². The lowest BCUT2D eigenvalue weighted by Crippen LogP contribution is -2.11. The number of aromatic nitrogens is 4. The molecule has 3 aromatic heterocycles. The Morgan fingerprint density at radius 3 is 2.74 bits per heavy atom. The molecule has 0 amide bonds. The van der Waals surface area contributed by atoms with Crippen molar-refractivity contribution in [1.29, 1.82) is 0 Å². The molecule has 23 heavy (non-hydrogen) atoms. The van der Waals surface area contributed by atoms with Gasteiger partial charge in [-0.05, 0) is 45.1 Å². The molecule has 0 unspecified atom stereocenters. The molecule has 0 saturated carbocycles. The summed E-state index contributed by atoms with van der Waals surface area (Å²) in [6.45, 7) is 5.75. The molecule has 0 bridgehead atoms. The van der Waals surface area contributed by atoms with Crippen molar-refractivity contribution in [3.05, 3.63) is 28.0 Å². The van der Waals surface area contributed by atoms with Crippen molar-refractivity contribution in [2.45, 2.75) is 52.5 Å². The van der Waals surface area contributed by atoms with Crippen LogP contribution in [0.15, 0.2) is 4.52 Å². The van der Waals surface area contributed by atoms with Gasteiger partial charge in [-0.1, -0.05) is 5.16 Å². The highest BCUT2D eigenvalue weighted by molar-refractivity contribution is 7.19. The van der Waals surface area contributed by atoms with Crippen molar-refractivity contribution < 1.29 is 4.52 Å². The summed E-state index contributed by atoms with van der Waals surface area (Å²) in [6.07, 6.45) is 4.79. The second-order valence-electron chi connectivity index (χ2n) is 6.05. The number of rotatable bonds is 3. The third kappa shape index (κ3) is 2.59. The van der Waals surface area contributed by atoms with Crippen LogP contribution in [0.25, 0.3) is 10.2 Å². The lowest BCUT2D eigenvalue weighted by molar-refractivity contribution is 0.385. The van der Waals surface area contributed by atoms with E-state index in [0.717, 1.165) is 29.3 Å². The average Bonchev–Trinajstić information content (AvgIpc) is 3.10. The van der Waals surface area contributed by atoms with Crippen molar-refractivity contribution in [3.8, 4) is 0 Å². The molecule has 1 aliphatic rings. The summed E-state index contributed by atoms with van der Waals surface area (Å²) in [4.78, 5) is 16.2. The summed E-state index contributed by atoms with van der Waals surface area (Å²) in [5.74, 6) is 2.90. The predicted octanol–water partition coefficient (Wildman–Crippen LogP) is 3.74. The Labute approximate surface area is 138 Å². The Bertz CT molecular complexity index is 869. The van der Waals surface area contributed by atoms with Crippen LogP contribution in [0.1, 0.15) is 53.8 Å². The lowest BCUT2D eigenvalue weighted by atomic mass is 9.97. The first kappa shape index (κ1) is 14.6. The fourth-order valence-corrected chi connectivity index (χ4v) is 4.44. The highest BCUT2D eigenvalue weighted by Gasteiger charge is 2.22. The monoisotopic (exact) mass is 329 g/mol. The average molecular weight is 329 g/mol. The van der Waals surface area contributed by atoms with E-state index in [-0.39, 0.29) is 6.04 Å². The second-order valence-corrected chi connectivity index (χ2v) is 7.13. The van der Waals surface area contributed by atoms with Crippen LogP contribution in [0, 0.1) is 13.8 Å². The van der Waals surface area contributed by atoms with Crippen molar-refractivity contribution in [2.75, 3.05) is 5.32 Å². The van der Waals surface area contributed by atoms with Crippen LogP contribution < -0.4 is 5.32 Å². The largest absolute Gasteiger partial charge is 0.360 e. The molecule has 4 rings (SSSR count). The van der Waals surface area contributed by atoms with Gasteiger partial charge in [0.2, 0.25) is 5.89 Å². The normalized spacial score (nSPS) is 15.6. The Morgan fingerprint density at radius 2 is 1.96 bits per heavy atom. The van der Waals surface area contributed by atoms with Gasteiger partial charge in [0.05, 0.1) is 11.4 Å². The third-order valence-corrected chi connectivity index (χ3v) is 5.40. The summed E-state index contributed by atoms with van der Waals surface area (Å²) >= 11 is 1.81. The zero-order chi connectivity index (χ0) is 16.0. The van der Waals surface area contributed by atoms with Crippen LogP contribution in [-0.4, -0.2) is 20.1 Å². The van der Waals surface area contributed by atoms with Crippen molar-refractivity contribution in [2.24, 2.45) is 0 Å². The Kier molecular flexibility index (Phi) is 3.52. The molecule has 0 radical (unpaired) electrons. The van der Waals surface area contributed by atoms with E-state index in [1.165, 1.54) is 28.7 Å². The van der Waals surface area contributed by atoms with Crippen LogP contribution in [0.5, 0.6) is 0 Å². The molecule has 0 saturated heterocycles. The minimum atomic E-state index is -0.0657. The van der Waals surface area contributed by atoms with Crippen LogP contribution in [0.3, 0.4) is 0 Å². The summed E-state index contributed by atoms with van der Waals surface area (Å²) in [7, 11) is 0. The van der Waals surface area contributed by atoms with Crippen LogP contribution in [0.4, 0.5) is 5.82 Å². The van der Waals surface area contributed by atoms with Crippen LogP contribution in [-0.2, 0) is 12.8 Å². The number of hydrogen-bond donors (Lipinski definition) is 1. The molecule has 0 spiro atoms. The number of nitrogens with zero attached hydrogens (tertiary/aromatic N) is 4. The van der Waals surface area contributed by atoms with E-state index >= 15 is 0 Å². The molecule has 6 nitrogen and oxygen atoms in total. The topological polar surface area (TPSA) is 76.7 Å². The van der Waals surface area contributed by atoms with Gasteiger partial charge in [-0.15, -0.1) is 11.3 Å². The van der Waals surface area contributed by atoms with E-state index in [4.69, 9.17) is 4.52 Å². The first-order chi connectivity index (χ1) is 11.1. The molecule has 0 fully saturated rings. The van der Waals surface area contributed by atoms with E-state index in [0.29, 0.717) is 11.7 Å². The quantitative estimate of drug-likeness (QED) is 0.789. The Hall–Kier alpha value is -2.02. The maximum Gasteiger partial charge on any atom is 0.223 e. The molecule has 0 aromatic carbocycles. The minimum absolute atomic E-state index is 0.0657. The predicted molar refractivity (Wildman–Crippen MR) is 89.9 cm³/mol. The van der Waals surface area contributed by atoms with Gasteiger partial charge < -0.3 is 9.84 Å². The molecule has 3 heterocycles. The number of nitrogens with one attached hydrogen (secondary N) is 1.